The number of hydrogen-bond acceptors (Lipinski definition) is 1. The van der Waals surface area contributed by atoms with E-state index < -0.39 is 0 Å². The molecule has 0 N–H and O–H groups in total. The standard InChI is InChI=1S/C12H8ClN/c13-7-1-3-10-5-6-11-4-2-8-14-12(11)9-10/h2,4-6,8-9H,7H2. The fourth-order valence-corrected chi connectivity index (χ4v) is 1.35. The maximum atomic E-state index is 5.48. The third kappa shape index (κ3) is 1.86. The van der Waals surface area contributed by atoms with Crippen LogP contribution in [0, 0.1) is 11.8 Å². The van der Waals surface area contributed by atoms with Crippen molar-refractivity contribution in [3.05, 3.63) is 42.1 Å². The van der Waals surface area contributed by atoms with Crippen LogP contribution in [0.1, 0.15) is 5.56 Å². The molecule has 2 rings (SSSR count). The molecule has 0 amide bonds. The van der Waals surface area contributed by atoms with Crippen LogP contribution in [0.3, 0.4) is 0 Å². The molecule has 0 aliphatic rings. The molecule has 0 aliphatic carbocycles. The maximum absolute atomic E-state index is 5.48. The van der Waals surface area contributed by atoms with E-state index in [-0.39, 0.29) is 0 Å². The van der Waals surface area contributed by atoms with Crippen molar-refractivity contribution in [1.82, 2.24) is 4.98 Å². The van der Waals surface area contributed by atoms with Gasteiger partial charge in [0.25, 0.3) is 0 Å². The van der Waals surface area contributed by atoms with Gasteiger partial charge >= 0.3 is 0 Å². The summed E-state index contributed by atoms with van der Waals surface area (Å²) in [7, 11) is 0. The first kappa shape index (κ1) is 9.05. The summed E-state index contributed by atoms with van der Waals surface area (Å²) in [5.41, 5.74) is 1.92. The lowest BCUT2D eigenvalue weighted by Crippen LogP contribution is -1.79. The van der Waals surface area contributed by atoms with Crippen molar-refractivity contribution < 1.29 is 0 Å². The molecular weight excluding hydrogens is 194 g/mol. The highest BCUT2D eigenvalue weighted by Gasteiger charge is 1.93. The molecule has 0 radical (unpaired) electrons. The molecule has 0 saturated carbocycles. The van der Waals surface area contributed by atoms with Crippen molar-refractivity contribution >= 4 is 22.5 Å². The van der Waals surface area contributed by atoms with E-state index in [9.17, 15) is 0 Å². The predicted molar refractivity (Wildman–Crippen MR) is 59.3 cm³/mol. The number of aromatic nitrogens is 1. The van der Waals surface area contributed by atoms with Gasteiger partial charge in [-0.2, -0.15) is 0 Å². The molecule has 0 unspecified atom stereocenters. The molecule has 0 aliphatic heterocycles. The minimum atomic E-state index is 0.361. The van der Waals surface area contributed by atoms with Gasteiger partial charge in [0.2, 0.25) is 0 Å². The molecule has 14 heavy (non-hydrogen) atoms. The largest absolute Gasteiger partial charge is 0.256 e. The second-order valence-corrected chi connectivity index (χ2v) is 3.11. The lowest BCUT2D eigenvalue weighted by molar-refractivity contribution is 1.41. The summed E-state index contributed by atoms with van der Waals surface area (Å²) in [6.07, 6.45) is 1.78. The number of alkyl halides is 1. The van der Waals surface area contributed by atoms with Gasteiger partial charge in [0, 0.05) is 17.1 Å². The number of pyridine rings is 1. The van der Waals surface area contributed by atoms with Crippen molar-refractivity contribution in [1.29, 1.82) is 0 Å². The van der Waals surface area contributed by atoms with Gasteiger partial charge in [0.05, 0.1) is 11.4 Å². The normalized spacial score (nSPS) is 9.50. The Hall–Kier alpha value is -1.52. The second kappa shape index (κ2) is 4.13. The van der Waals surface area contributed by atoms with Crippen LogP contribution in [0.25, 0.3) is 10.9 Å². The van der Waals surface area contributed by atoms with Crippen LogP contribution < -0.4 is 0 Å². The fourth-order valence-electron chi connectivity index (χ4n) is 1.28. The van der Waals surface area contributed by atoms with E-state index in [1.54, 1.807) is 6.20 Å². The molecule has 0 atom stereocenters. The van der Waals surface area contributed by atoms with Crippen molar-refractivity contribution in [2.45, 2.75) is 0 Å². The summed E-state index contributed by atoms with van der Waals surface area (Å²) in [5.74, 6) is 6.14. The van der Waals surface area contributed by atoms with Crippen LogP contribution in [-0.4, -0.2) is 10.9 Å². The molecule has 2 aromatic rings. The Morgan fingerprint density at radius 3 is 3.07 bits per heavy atom. The first-order chi connectivity index (χ1) is 6.90. The molecule has 0 saturated heterocycles. The van der Waals surface area contributed by atoms with Gasteiger partial charge in [-0.05, 0) is 18.2 Å². The first-order valence-electron chi connectivity index (χ1n) is 4.30. The van der Waals surface area contributed by atoms with Crippen molar-refractivity contribution in [2.24, 2.45) is 0 Å². The van der Waals surface area contributed by atoms with Crippen LogP contribution in [-0.2, 0) is 0 Å². The topological polar surface area (TPSA) is 12.9 Å². The van der Waals surface area contributed by atoms with E-state index in [1.807, 2.05) is 30.3 Å². The lowest BCUT2D eigenvalue weighted by atomic mass is 10.1. The van der Waals surface area contributed by atoms with Crippen molar-refractivity contribution in [3.8, 4) is 11.8 Å². The monoisotopic (exact) mass is 201 g/mol. The third-order valence-electron chi connectivity index (χ3n) is 1.91. The smallest absolute Gasteiger partial charge is 0.0839 e. The van der Waals surface area contributed by atoms with Gasteiger partial charge in [0.15, 0.2) is 0 Å². The van der Waals surface area contributed by atoms with Gasteiger partial charge in [-0.25, -0.2) is 0 Å². The molecule has 2 heteroatoms. The zero-order valence-corrected chi connectivity index (χ0v) is 8.25. The number of rotatable bonds is 0. The number of fused-ring (bicyclic) bond motifs is 1. The van der Waals surface area contributed by atoms with Crippen LogP contribution in [0.5, 0.6) is 0 Å². The molecule has 0 bridgehead atoms. The number of halogens is 1. The molecule has 0 spiro atoms. The Morgan fingerprint density at radius 1 is 1.29 bits per heavy atom. The maximum Gasteiger partial charge on any atom is 0.0839 e. The summed E-state index contributed by atoms with van der Waals surface area (Å²) in [6, 6.07) is 9.91. The Balaban J connectivity index is 2.51. The molecule has 1 aromatic carbocycles. The van der Waals surface area contributed by atoms with E-state index in [4.69, 9.17) is 11.6 Å². The van der Waals surface area contributed by atoms with Gasteiger partial charge < -0.3 is 0 Å². The zero-order valence-electron chi connectivity index (χ0n) is 7.50. The van der Waals surface area contributed by atoms with E-state index in [2.05, 4.69) is 16.8 Å². The summed E-state index contributed by atoms with van der Waals surface area (Å²) in [4.78, 5) is 4.25. The zero-order chi connectivity index (χ0) is 9.80. The lowest BCUT2D eigenvalue weighted by Gasteiger charge is -1.95. The Labute approximate surface area is 87.7 Å². The van der Waals surface area contributed by atoms with E-state index in [0.29, 0.717) is 5.88 Å². The van der Waals surface area contributed by atoms with Crippen LogP contribution in [0.15, 0.2) is 36.5 Å². The SMILES string of the molecule is ClCC#Cc1ccc2cccnc2c1. The summed E-state index contributed by atoms with van der Waals surface area (Å²) >= 11 is 5.48. The van der Waals surface area contributed by atoms with Gasteiger partial charge in [-0.15, -0.1) is 11.6 Å². The third-order valence-corrected chi connectivity index (χ3v) is 2.04. The molecule has 68 valence electrons. The molecule has 1 nitrogen and oxygen atoms in total. The fraction of sp³-hybridized carbons (Fsp3) is 0.0833. The minimum Gasteiger partial charge on any atom is -0.256 e. The molecule has 1 heterocycles. The van der Waals surface area contributed by atoms with E-state index in [1.165, 1.54) is 0 Å². The number of benzene rings is 1. The van der Waals surface area contributed by atoms with Gasteiger partial charge in [-0.3, -0.25) is 4.98 Å². The molecule has 1 aromatic heterocycles. The Morgan fingerprint density at radius 2 is 2.21 bits per heavy atom. The second-order valence-electron chi connectivity index (χ2n) is 2.85. The van der Waals surface area contributed by atoms with Gasteiger partial charge in [0.1, 0.15) is 0 Å². The summed E-state index contributed by atoms with van der Waals surface area (Å²) in [5, 5.41) is 1.13. The van der Waals surface area contributed by atoms with Crippen LogP contribution in [0.2, 0.25) is 0 Å². The quantitative estimate of drug-likeness (QED) is 0.472. The minimum absolute atomic E-state index is 0.361. The van der Waals surface area contributed by atoms with Crippen molar-refractivity contribution in [3.63, 3.8) is 0 Å². The van der Waals surface area contributed by atoms with Crippen LogP contribution in [0.4, 0.5) is 0 Å². The number of nitrogens with zero attached hydrogens (tertiary/aromatic N) is 1. The number of hydrogen-bond donors (Lipinski definition) is 0. The van der Waals surface area contributed by atoms with Gasteiger partial charge in [-0.1, -0.05) is 24.0 Å². The summed E-state index contributed by atoms with van der Waals surface area (Å²) in [6.45, 7) is 0. The highest BCUT2D eigenvalue weighted by atomic mass is 35.5. The average Bonchev–Trinajstić information content (AvgIpc) is 2.26. The van der Waals surface area contributed by atoms with Crippen LogP contribution >= 0.6 is 11.6 Å². The highest BCUT2D eigenvalue weighted by Crippen LogP contribution is 2.12. The molecular formula is C12H8ClN. The first-order valence-corrected chi connectivity index (χ1v) is 4.83. The Bertz CT molecular complexity index is 508. The summed E-state index contributed by atoms with van der Waals surface area (Å²) < 4.78 is 0. The highest BCUT2D eigenvalue weighted by molar-refractivity contribution is 6.19. The van der Waals surface area contributed by atoms with E-state index in [0.717, 1.165) is 16.5 Å². The molecule has 0 fully saturated rings. The average molecular weight is 202 g/mol. The Kier molecular flexibility index (Phi) is 2.67. The van der Waals surface area contributed by atoms with Crippen molar-refractivity contribution in [2.75, 3.05) is 5.88 Å². The van der Waals surface area contributed by atoms with E-state index >= 15 is 0 Å². The predicted octanol–water partition coefficient (Wildman–Crippen LogP) is 2.83.